The summed E-state index contributed by atoms with van der Waals surface area (Å²) in [5.41, 5.74) is 3.54. The molecule has 6 heteroatoms. The van der Waals surface area contributed by atoms with Gasteiger partial charge in [0.05, 0.1) is 6.20 Å². The maximum Gasteiger partial charge on any atom is 0.272 e. The molecule has 0 N–H and O–H groups in total. The van der Waals surface area contributed by atoms with Crippen molar-refractivity contribution in [2.24, 2.45) is 0 Å². The third-order valence-corrected chi connectivity index (χ3v) is 4.96. The van der Waals surface area contributed by atoms with Gasteiger partial charge < -0.3 is 9.80 Å². The molecule has 0 unspecified atom stereocenters. The van der Waals surface area contributed by atoms with E-state index in [1.807, 2.05) is 59.7 Å². The number of pyridine rings is 2. The van der Waals surface area contributed by atoms with Crippen LogP contribution in [0.4, 0.5) is 5.82 Å². The number of anilines is 1. The standard InChI is InChI=1S/C20H23N5O/c1-14-7-8-18-21-11-17(25(18)12-14)20(26)24-10-9-23(13-16(24)3)19-6-4-5-15(2)22-19/h4-8,11-12,16H,9-10,13H2,1-3H3/t16-/m0/s1. The lowest BCUT2D eigenvalue weighted by atomic mass is 10.1. The summed E-state index contributed by atoms with van der Waals surface area (Å²) < 4.78 is 1.89. The molecule has 0 saturated carbocycles. The Balaban J connectivity index is 1.55. The minimum Gasteiger partial charge on any atom is -0.353 e. The Bertz CT molecular complexity index is 964. The third kappa shape index (κ3) is 2.92. The first-order chi connectivity index (χ1) is 12.5. The molecule has 0 aliphatic carbocycles. The van der Waals surface area contributed by atoms with Gasteiger partial charge in [-0.3, -0.25) is 9.20 Å². The van der Waals surface area contributed by atoms with E-state index < -0.39 is 0 Å². The summed E-state index contributed by atoms with van der Waals surface area (Å²) in [6, 6.07) is 10.1. The zero-order chi connectivity index (χ0) is 18.3. The summed E-state index contributed by atoms with van der Waals surface area (Å²) in [6.45, 7) is 8.34. The molecular formula is C20H23N5O. The van der Waals surface area contributed by atoms with Crippen molar-refractivity contribution in [3.05, 3.63) is 59.7 Å². The minimum atomic E-state index is 0.0347. The second-order valence-corrected chi connectivity index (χ2v) is 7.01. The van der Waals surface area contributed by atoms with Gasteiger partial charge >= 0.3 is 0 Å². The van der Waals surface area contributed by atoms with Crippen molar-refractivity contribution >= 4 is 17.4 Å². The van der Waals surface area contributed by atoms with E-state index >= 15 is 0 Å². The van der Waals surface area contributed by atoms with E-state index in [2.05, 4.69) is 21.8 Å². The van der Waals surface area contributed by atoms with Gasteiger partial charge in [0.25, 0.3) is 5.91 Å². The predicted octanol–water partition coefficient (Wildman–Crippen LogP) is 2.70. The lowest BCUT2D eigenvalue weighted by molar-refractivity contribution is 0.0666. The summed E-state index contributed by atoms with van der Waals surface area (Å²) >= 11 is 0. The number of amides is 1. The van der Waals surface area contributed by atoms with Crippen LogP contribution in [0.3, 0.4) is 0 Å². The highest BCUT2D eigenvalue weighted by atomic mass is 16.2. The van der Waals surface area contributed by atoms with Crippen LogP contribution in [-0.4, -0.2) is 50.9 Å². The number of imidazole rings is 1. The van der Waals surface area contributed by atoms with Gasteiger partial charge in [-0.15, -0.1) is 0 Å². The maximum absolute atomic E-state index is 13.1. The van der Waals surface area contributed by atoms with E-state index in [-0.39, 0.29) is 11.9 Å². The molecule has 1 saturated heterocycles. The van der Waals surface area contributed by atoms with Crippen molar-refractivity contribution < 1.29 is 4.79 Å². The number of aryl methyl sites for hydroxylation is 2. The molecule has 1 amide bonds. The molecule has 134 valence electrons. The Labute approximate surface area is 153 Å². The van der Waals surface area contributed by atoms with Crippen LogP contribution < -0.4 is 4.90 Å². The Hall–Kier alpha value is -2.89. The summed E-state index contributed by atoms with van der Waals surface area (Å²) in [4.78, 5) is 26.3. The van der Waals surface area contributed by atoms with Crippen LogP contribution in [0.5, 0.6) is 0 Å². The topological polar surface area (TPSA) is 53.7 Å². The number of rotatable bonds is 2. The van der Waals surface area contributed by atoms with E-state index in [1.165, 1.54) is 0 Å². The second kappa shape index (κ2) is 6.44. The van der Waals surface area contributed by atoms with Crippen molar-refractivity contribution in [1.29, 1.82) is 0 Å². The Morgan fingerprint density at radius 1 is 1.15 bits per heavy atom. The van der Waals surface area contributed by atoms with Crippen LogP contribution in [0, 0.1) is 13.8 Å². The van der Waals surface area contributed by atoms with Gasteiger partial charge in [-0.05, 0) is 44.5 Å². The van der Waals surface area contributed by atoms with Crippen LogP contribution in [-0.2, 0) is 0 Å². The number of hydrogen-bond donors (Lipinski definition) is 0. The highest BCUT2D eigenvalue weighted by Crippen LogP contribution is 2.20. The van der Waals surface area contributed by atoms with Crippen LogP contribution in [0.2, 0.25) is 0 Å². The van der Waals surface area contributed by atoms with Crippen LogP contribution in [0.25, 0.3) is 5.65 Å². The molecule has 3 aromatic rings. The third-order valence-electron chi connectivity index (χ3n) is 4.96. The van der Waals surface area contributed by atoms with Gasteiger partial charge in [-0.25, -0.2) is 9.97 Å². The molecule has 4 heterocycles. The Morgan fingerprint density at radius 2 is 2.00 bits per heavy atom. The fourth-order valence-electron chi connectivity index (χ4n) is 3.56. The maximum atomic E-state index is 13.1. The van der Waals surface area contributed by atoms with Crippen molar-refractivity contribution in [2.75, 3.05) is 24.5 Å². The Kier molecular flexibility index (Phi) is 4.11. The molecule has 1 fully saturated rings. The minimum absolute atomic E-state index is 0.0347. The average Bonchev–Trinajstić information content (AvgIpc) is 3.04. The largest absolute Gasteiger partial charge is 0.353 e. The van der Waals surface area contributed by atoms with Crippen LogP contribution in [0.1, 0.15) is 28.7 Å². The van der Waals surface area contributed by atoms with E-state index in [1.54, 1.807) is 6.20 Å². The van der Waals surface area contributed by atoms with E-state index in [9.17, 15) is 4.79 Å². The molecule has 0 aromatic carbocycles. The molecule has 1 aliphatic heterocycles. The Morgan fingerprint density at radius 3 is 2.77 bits per heavy atom. The molecule has 1 atom stereocenters. The van der Waals surface area contributed by atoms with Gasteiger partial charge in [0, 0.05) is 37.6 Å². The average molecular weight is 349 g/mol. The first kappa shape index (κ1) is 16.6. The molecule has 4 rings (SSSR count). The number of hydrogen-bond acceptors (Lipinski definition) is 4. The number of fused-ring (bicyclic) bond motifs is 1. The molecule has 0 spiro atoms. The molecule has 6 nitrogen and oxygen atoms in total. The highest BCUT2D eigenvalue weighted by molar-refractivity contribution is 5.93. The molecular weight excluding hydrogens is 326 g/mol. The summed E-state index contributed by atoms with van der Waals surface area (Å²) in [5.74, 6) is 1.02. The van der Waals surface area contributed by atoms with E-state index in [0.29, 0.717) is 12.2 Å². The first-order valence-electron chi connectivity index (χ1n) is 8.96. The van der Waals surface area contributed by atoms with E-state index in [0.717, 1.165) is 35.8 Å². The highest BCUT2D eigenvalue weighted by Gasteiger charge is 2.30. The SMILES string of the molecule is Cc1ccc2ncc(C(=O)N3CCN(c4cccc(C)n4)C[C@@H]3C)n2c1. The van der Waals surface area contributed by atoms with Gasteiger partial charge in [-0.1, -0.05) is 12.1 Å². The fourth-order valence-corrected chi connectivity index (χ4v) is 3.56. The van der Waals surface area contributed by atoms with Crippen LogP contribution in [0.15, 0.2) is 42.7 Å². The zero-order valence-electron chi connectivity index (χ0n) is 15.4. The summed E-state index contributed by atoms with van der Waals surface area (Å²) in [7, 11) is 0. The zero-order valence-corrected chi connectivity index (χ0v) is 15.4. The van der Waals surface area contributed by atoms with Gasteiger partial charge in [0.1, 0.15) is 17.2 Å². The number of nitrogens with zero attached hydrogens (tertiary/aromatic N) is 5. The fraction of sp³-hybridized carbons (Fsp3) is 0.350. The number of carbonyl (C=O) groups excluding carboxylic acids is 1. The van der Waals surface area contributed by atoms with Crippen molar-refractivity contribution in [1.82, 2.24) is 19.3 Å². The van der Waals surface area contributed by atoms with Gasteiger partial charge in [0.2, 0.25) is 0 Å². The number of piperazine rings is 1. The van der Waals surface area contributed by atoms with Crippen molar-refractivity contribution in [3.8, 4) is 0 Å². The normalized spacial score (nSPS) is 17.7. The molecule has 0 bridgehead atoms. The first-order valence-corrected chi connectivity index (χ1v) is 8.96. The quantitative estimate of drug-likeness (QED) is 0.714. The van der Waals surface area contributed by atoms with Gasteiger partial charge in [0.15, 0.2) is 0 Å². The smallest absolute Gasteiger partial charge is 0.272 e. The summed E-state index contributed by atoms with van der Waals surface area (Å²) in [5, 5.41) is 0. The molecule has 1 aliphatic rings. The molecule has 3 aromatic heterocycles. The van der Waals surface area contributed by atoms with E-state index in [4.69, 9.17) is 0 Å². The van der Waals surface area contributed by atoms with Crippen LogP contribution >= 0.6 is 0 Å². The molecule has 26 heavy (non-hydrogen) atoms. The molecule has 0 radical (unpaired) electrons. The number of carbonyl (C=O) groups is 1. The predicted molar refractivity (Wildman–Crippen MR) is 102 cm³/mol. The van der Waals surface area contributed by atoms with Crippen molar-refractivity contribution in [3.63, 3.8) is 0 Å². The van der Waals surface area contributed by atoms with Gasteiger partial charge in [-0.2, -0.15) is 0 Å². The number of aromatic nitrogens is 3. The van der Waals surface area contributed by atoms with Crippen molar-refractivity contribution in [2.45, 2.75) is 26.8 Å². The second-order valence-electron chi connectivity index (χ2n) is 7.01. The lowest BCUT2D eigenvalue weighted by Gasteiger charge is -2.40. The summed E-state index contributed by atoms with van der Waals surface area (Å²) in [6.07, 6.45) is 3.64. The lowest BCUT2D eigenvalue weighted by Crippen LogP contribution is -2.54. The monoisotopic (exact) mass is 349 g/mol.